The van der Waals surface area contributed by atoms with Crippen molar-refractivity contribution in [3.05, 3.63) is 88.3 Å². The molecule has 1 aromatic heterocycles. The molecule has 7 nitrogen and oxygen atoms in total. The highest BCUT2D eigenvalue weighted by molar-refractivity contribution is 6.31. The maximum Gasteiger partial charge on any atom is 0.329 e. The molecule has 0 spiro atoms. The Morgan fingerprint density at radius 2 is 1.84 bits per heavy atom. The zero-order valence-electron chi connectivity index (χ0n) is 17.6. The van der Waals surface area contributed by atoms with Crippen LogP contribution in [0, 0.1) is 13.8 Å². The van der Waals surface area contributed by atoms with Gasteiger partial charge in [-0.25, -0.2) is 9.69 Å². The summed E-state index contributed by atoms with van der Waals surface area (Å²) >= 11 is 6.24. The largest absolute Gasteiger partial charge is 0.329 e. The van der Waals surface area contributed by atoms with Crippen LogP contribution in [0.15, 0.2) is 66.5 Å². The zero-order valence-corrected chi connectivity index (χ0v) is 18.3. The molecule has 1 fully saturated rings. The number of benzene rings is 2. The van der Waals surface area contributed by atoms with Gasteiger partial charge in [-0.15, -0.1) is 0 Å². The normalized spacial score (nSPS) is 14.7. The van der Waals surface area contributed by atoms with Crippen molar-refractivity contribution in [1.82, 2.24) is 14.8 Å². The van der Waals surface area contributed by atoms with E-state index in [1.54, 1.807) is 18.2 Å². The number of aryl methyl sites for hydroxylation is 2. The van der Waals surface area contributed by atoms with E-state index in [0.29, 0.717) is 16.4 Å². The SMILES string of the molecule is Cc1ccc(NC(=O)CN2C(=O)NC(=Cc3cccn3-c3ccc(C)c(Cl)c3)C2=O)cc1. The summed E-state index contributed by atoms with van der Waals surface area (Å²) in [7, 11) is 0. The number of rotatable bonds is 5. The van der Waals surface area contributed by atoms with Crippen molar-refractivity contribution in [2.75, 3.05) is 11.9 Å². The number of hydrogen-bond acceptors (Lipinski definition) is 3. The van der Waals surface area contributed by atoms with E-state index in [1.807, 2.05) is 67.1 Å². The molecule has 2 aromatic carbocycles. The highest BCUT2D eigenvalue weighted by Gasteiger charge is 2.35. The predicted molar refractivity (Wildman–Crippen MR) is 124 cm³/mol. The van der Waals surface area contributed by atoms with Crippen LogP contribution in [0.2, 0.25) is 5.02 Å². The van der Waals surface area contributed by atoms with E-state index in [4.69, 9.17) is 11.6 Å². The molecule has 2 N–H and O–H groups in total. The lowest BCUT2D eigenvalue weighted by Crippen LogP contribution is -2.38. The summed E-state index contributed by atoms with van der Waals surface area (Å²) < 4.78 is 1.85. The lowest BCUT2D eigenvalue weighted by atomic mass is 10.2. The first kappa shape index (κ1) is 21.4. The van der Waals surface area contributed by atoms with Crippen molar-refractivity contribution in [1.29, 1.82) is 0 Å². The van der Waals surface area contributed by atoms with Crippen molar-refractivity contribution in [3.63, 3.8) is 0 Å². The van der Waals surface area contributed by atoms with Crippen molar-refractivity contribution < 1.29 is 14.4 Å². The minimum Gasteiger partial charge on any atom is -0.325 e. The van der Waals surface area contributed by atoms with Crippen molar-refractivity contribution >= 4 is 41.2 Å². The Bertz CT molecular complexity index is 1240. The third kappa shape index (κ3) is 4.43. The topological polar surface area (TPSA) is 83.4 Å². The number of carbonyl (C=O) groups excluding carboxylic acids is 3. The fourth-order valence-corrected chi connectivity index (χ4v) is 3.50. The van der Waals surface area contributed by atoms with Crippen LogP contribution in [-0.2, 0) is 9.59 Å². The third-order valence-electron chi connectivity index (χ3n) is 5.11. The van der Waals surface area contributed by atoms with Gasteiger partial charge in [-0.3, -0.25) is 9.59 Å². The Hall–Kier alpha value is -3.84. The van der Waals surface area contributed by atoms with Crippen LogP contribution in [0.4, 0.5) is 10.5 Å². The molecular weight excluding hydrogens is 428 g/mol. The minimum absolute atomic E-state index is 0.0938. The molecule has 0 bridgehead atoms. The van der Waals surface area contributed by atoms with Crippen LogP contribution >= 0.6 is 11.6 Å². The van der Waals surface area contributed by atoms with Gasteiger partial charge in [0.25, 0.3) is 5.91 Å². The second kappa shape index (κ2) is 8.72. The van der Waals surface area contributed by atoms with Crippen molar-refractivity contribution in [2.45, 2.75) is 13.8 Å². The maximum absolute atomic E-state index is 12.8. The number of anilines is 1. The van der Waals surface area contributed by atoms with Crippen molar-refractivity contribution in [2.24, 2.45) is 0 Å². The van der Waals surface area contributed by atoms with Crippen LogP contribution in [0.5, 0.6) is 0 Å². The number of nitrogens with zero attached hydrogens (tertiary/aromatic N) is 2. The number of hydrogen-bond donors (Lipinski definition) is 2. The molecule has 0 radical (unpaired) electrons. The summed E-state index contributed by atoms with van der Waals surface area (Å²) in [5, 5.41) is 5.87. The molecule has 32 heavy (non-hydrogen) atoms. The molecule has 8 heteroatoms. The van der Waals surface area contributed by atoms with Gasteiger partial charge < -0.3 is 15.2 Å². The van der Waals surface area contributed by atoms with Crippen LogP contribution in [0.1, 0.15) is 16.8 Å². The highest BCUT2D eigenvalue weighted by Crippen LogP contribution is 2.23. The molecule has 162 valence electrons. The molecule has 0 aliphatic carbocycles. The Balaban J connectivity index is 1.50. The minimum atomic E-state index is -0.642. The first-order valence-corrected chi connectivity index (χ1v) is 10.3. The lowest BCUT2D eigenvalue weighted by Gasteiger charge is -2.12. The first-order valence-electron chi connectivity index (χ1n) is 9.97. The Labute approximate surface area is 190 Å². The summed E-state index contributed by atoms with van der Waals surface area (Å²) in [6.07, 6.45) is 3.41. The summed E-state index contributed by atoms with van der Waals surface area (Å²) in [5.41, 5.74) is 4.21. The fraction of sp³-hybridized carbons (Fsp3) is 0.125. The molecule has 3 aromatic rings. The van der Waals surface area contributed by atoms with Gasteiger partial charge in [-0.2, -0.15) is 0 Å². The van der Waals surface area contributed by atoms with E-state index in [0.717, 1.165) is 21.7 Å². The van der Waals surface area contributed by atoms with Gasteiger partial charge in [0.2, 0.25) is 5.91 Å². The van der Waals surface area contributed by atoms with Gasteiger partial charge >= 0.3 is 6.03 Å². The number of halogens is 1. The van der Waals surface area contributed by atoms with Crippen LogP contribution in [0.25, 0.3) is 11.8 Å². The Morgan fingerprint density at radius 1 is 1.09 bits per heavy atom. The van der Waals surface area contributed by atoms with Gasteiger partial charge in [0.05, 0.1) is 0 Å². The Morgan fingerprint density at radius 3 is 2.56 bits per heavy atom. The van der Waals surface area contributed by atoms with E-state index in [1.165, 1.54) is 0 Å². The average Bonchev–Trinajstić information content (AvgIpc) is 3.32. The average molecular weight is 449 g/mol. The predicted octanol–water partition coefficient (Wildman–Crippen LogP) is 4.28. The molecule has 4 amide bonds. The van der Waals surface area contributed by atoms with Gasteiger partial charge in [0.15, 0.2) is 0 Å². The standard InChI is InChI=1S/C24H21ClN4O3/c1-15-5-8-17(9-6-15)26-22(30)14-29-23(31)21(27-24(29)32)13-18-4-3-11-28(18)19-10-7-16(2)20(25)12-19/h3-13H,14H2,1-2H3,(H,26,30)(H,27,32). The van der Waals surface area contributed by atoms with E-state index < -0.39 is 17.8 Å². The monoisotopic (exact) mass is 448 g/mol. The fourth-order valence-electron chi connectivity index (χ4n) is 3.32. The summed E-state index contributed by atoms with van der Waals surface area (Å²) in [4.78, 5) is 38.4. The van der Waals surface area contributed by atoms with E-state index in [9.17, 15) is 14.4 Å². The molecule has 4 rings (SSSR count). The quantitative estimate of drug-likeness (QED) is 0.451. The molecular formula is C24H21ClN4O3. The molecule has 1 saturated heterocycles. The number of carbonyl (C=O) groups is 3. The van der Waals surface area contributed by atoms with Crippen LogP contribution < -0.4 is 10.6 Å². The molecule has 1 aliphatic rings. The molecule has 0 saturated carbocycles. The summed E-state index contributed by atoms with van der Waals surface area (Å²) in [6, 6.07) is 15.9. The summed E-state index contributed by atoms with van der Waals surface area (Å²) in [5.74, 6) is -1.03. The maximum atomic E-state index is 12.8. The smallest absolute Gasteiger partial charge is 0.325 e. The molecule has 2 heterocycles. The first-order chi connectivity index (χ1) is 15.3. The lowest BCUT2D eigenvalue weighted by molar-refractivity contribution is -0.127. The molecule has 1 aliphatic heterocycles. The van der Waals surface area contributed by atoms with Gasteiger partial charge in [0, 0.05) is 28.3 Å². The number of imide groups is 1. The highest BCUT2D eigenvalue weighted by atomic mass is 35.5. The zero-order chi connectivity index (χ0) is 22.8. The Kier molecular flexibility index (Phi) is 5.83. The van der Waals surface area contributed by atoms with E-state index in [-0.39, 0.29) is 12.2 Å². The van der Waals surface area contributed by atoms with E-state index in [2.05, 4.69) is 10.6 Å². The second-order valence-electron chi connectivity index (χ2n) is 7.53. The second-order valence-corrected chi connectivity index (χ2v) is 7.94. The van der Waals surface area contributed by atoms with Crippen LogP contribution in [-0.4, -0.2) is 33.9 Å². The third-order valence-corrected chi connectivity index (χ3v) is 5.51. The number of urea groups is 1. The number of aromatic nitrogens is 1. The molecule has 0 atom stereocenters. The summed E-state index contributed by atoms with van der Waals surface area (Å²) in [6.45, 7) is 3.47. The van der Waals surface area contributed by atoms with Gasteiger partial charge in [0.1, 0.15) is 12.2 Å². The number of nitrogens with one attached hydrogen (secondary N) is 2. The molecule has 0 unspecified atom stereocenters. The van der Waals surface area contributed by atoms with Gasteiger partial charge in [-0.1, -0.05) is 35.4 Å². The van der Waals surface area contributed by atoms with Gasteiger partial charge in [-0.05, 0) is 61.9 Å². The van der Waals surface area contributed by atoms with Crippen LogP contribution in [0.3, 0.4) is 0 Å². The van der Waals surface area contributed by atoms with E-state index >= 15 is 0 Å². The number of amides is 4. The van der Waals surface area contributed by atoms with Crippen molar-refractivity contribution in [3.8, 4) is 5.69 Å².